The highest BCUT2D eigenvalue weighted by molar-refractivity contribution is 7.90. The minimum Gasteiger partial charge on any atom is -0.337 e. The first-order valence-electron chi connectivity index (χ1n) is 5.41. The van der Waals surface area contributed by atoms with E-state index in [9.17, 15) is 17.6 Å². The molecule has 0 radical (unpaired) electrons. The van der Waals surface area contributed by atoms with Crippen molar-refractivity contribution >= 4 is 27.5 Å². The molecule has 1 rings (SSSR count). The lowest BCUT2D eigenvalue weighted by Gasteiger charge is -2.08. The van der Waals surface area contributed by atoms with Crippen LogP contribution in [0.4, 0.5) is 9.18 Å². The van der Waals surface area contributed by atoms with Crippen molar-refractivity contribution in [1.29, 1.82) is 0 Å². The molecule has 106 valence electrons. The monoisotopic (exact) mass is 308 g/mol. The van der Waals surface area contributed by atoms with E-state index >= 15 is 0 Å². The number of urea groups is 1. The Morgan fingerprint density at radius 2 is 2.05 bits per heavy atom. The lowest BCUT2D eigenvalue weighted by atomic mass is 10.2. The van der Waals surface area contributed by atoms with Gasteiger partial charge < -0.3 is 10.6 Å². The maximum atomic E-state index is 13.4. The molecule has 0 fully saturated rings. The molecule has 0 aromatic heterocycles. The molecule has 0 aliphatic rings. The number of amides is 2. The average Bonchev–Trinajstić information content (AvgIpc) is 2.26. The first-order chi connectivity index (χ1) is 8.78. The van der Waals surface area contributed by atoms with Gasteiger partial charge in [0.2, 0.25) is 0 Å². The lowest BCUT2D eigenvalue weighted by molar-refractivity contribution is 0.241. The number of hydrogen-bond donors (Lipinski definition) is 2. The van der Waals surface area contributed by atoms with Crippen molar-refractivity contribution in [3.8, 4) is 0 Å². The second-order valence-corrected chi connectivity index (χ2v) is 6.67. The van der Waals surface area contributed by atoms with Crippen LogP contribution in [0.3, 0.4) is 0 Å². The largest absolute Gasteiger partial charge is 0.337 e. The van der Waals surface area contributed by atoms with E-state index in [1.165, 1.54) is 12.1 Å². The average molecular weight is 309 g/mol. The molecule has 0 heterocycles. The second kappa shape index (κ2) is 6.72. The minimum absolute atomic E-state index is 0.00624. The molecule has 1 aromatic rings. The predicted molar refractivity (Wildman–Crippen MR) is 71.4 cm³/mol. The van der Waals surface area contributed by atoms with E-state index in [2.05, 4.69) is 10.6 Å². The van der Waals surface area contributed by atoms with Crippen LogP contribution < -0.4 is 10.6 Å². The fraction of sp³-hybridized carbons (Fsp3) is 0.364. The number of halogens is 2. The number of carbonyl (C=O) groups is 1. The van der Waals surface area contributed by atoms with Crippen LogP contribution in [-0.4, -0.2) is 33.0 Å². The summed E-state index contributed by atoms with van der Waals surface area (Å²) in [5, 5.41) is 5.06. The van der Waals surface area contributed by atoms with Crippen molar-refractivity contribution in [2.75, 3.05) is 18.6 Å². The third-order valence-corrected chi connectivity index (χ3v) is 3.39. The number of sulfone groups is 1. The Kier molecular flexibility index (Phi) is 5.56. The van der Waals surface area contributed by atoms with E-state index in [-0.39, 0.29) is 23.9 Å². The lowest BCUT2D eigenvalue weighted by Crippen LogP contribution is -2.37. The van der Waals surface area contributed by atoms with Gasteiger partial charge in [-0.05, 0) is 12.1 Å². The van der Waals surface area contributed by atoms with Crippen LogP contribution in [0.15, 0.2) is 18.2 Å². The maximum Gasteiger partial charge on any atom is 0.315 e. The molecule has 0 bridgehead atoms. The topological polar surface area (TPSA) is 75.3 Å². The van der Waals surface area contributed by atoms with Gasteiger partial charge in [0.15, 0.2) is 0 Å². The Hall–Kier alpha value is -1.34. The van der Waals surface area contributed by atoms with Gasteiger partial charge in [0, 0.05) is 29.9 Å². The molecule has 8 heteroatoms. The Bertz CT molecular complexity index is 563. The van der Waals surface area contributed by atoms with E-state index in [1.54, 1.807) is 0 Å². The van der Waals surface area contributed by atoms with Crippen molar-refractivity contribution < 1.29 is 17.6 Å². The van der Waals surface area contributed by atoms with Crippen molar-refractivity contribution in [2.45, 2.75) is 6.54 Å². The highest BCUT2D eigenvalue weighted by atomic mass is 35.5. The number of nitrogens with one attached hydrogen (secondary N) is 2. The van der Waals surface area contributed by atoms with Gasteiger partial charge in [0.05, 0.1) is 5.75 Å². The standard InChI is InChI=1S/C11H14ClFN2O3S/c1-19(17,18)5-4-14-11(16)15-7-8-2-3-9(12)6-10(8)13/h2-3,6H,4-5,7H2,1H3,(H2,14,15,16). The van der Waals surface area contributed by atoms with Crippen molar-refractivity contribution in [1.82, 2.24) is 10.6 Å². The Balaban J connectivity index is 2.38. The van der Waals surface area contributed by atoms with Crippen LogP contribution in [0.2, 0.25) is 5.02 Å². The van der Waals surface area contributed by atoms with Crippen LogP contribution in [0.1, 0.15) is 5.56 Å². The highest BCUT2D eigenvalue weighted by Gasteiger charge is 2.06. The molecule has 2 amide bonds. The summed E-state index contributed by atoms with van der Waals surface area (Å²) in [5.41, 5.74) is 0.294. The van der Waals surface area contributed by atoms with Gasteiger partial charge in [0.25, 0.3) is 0 Å². The van der Waals surface area contributed by atoms with E-state index in [0.717, 1.165) is 12.3 Å². The molecule has 0 unspecified atom stereocenters. The zero-order valence-electron chi connectivity index (χ0n) is 10.2. The SMILES string of the molecule is CS(=O)(=O)CCNC(=O)NCc1ccc(Cl)cc1F. The Labute approximate surface area is 116 Å². The zero-order valence-corrected chi connectivity index (χ0v) is 11.8. The summed E-state index contributed by atoms with van der Waals surface area (Å²) in [4.78, 5) is 11.3. The Morgan fingerprint density at radius 1 is 1.37 bits per heavy atom. The van der Waals surface area contributed by atoms with E-state index in [0.29, 0.717) is 5.56 Å². The van der Waals surface area contributed by atoms with E-state index < -0.39 is 21.7 Å². The normalized spacial score (nSPS) is 11.1. The van der Waals surface area contributed by atoms with Gasteiger partial charge in [-0.15, -0.1) is 0 Å². The molecule has 1 aromatic carbocycles. The summed E-state index contributed by atoms with van der Waals surface area (Å²) in [6.07, 6.45) is 1.08. The van der Waals surface area contributed by atoms with E-state index in [4.69, 9.17) is 11.6 Å². The molecule has 0 aliphatic carbocycles. The summed E-state index contributed by atoms with van der Waals surface area (Å²) in [6.45, 7) is 0.00147. The Morgan fingerprint density at radius 3 is 2.63 bits per heavy atom. The molecule has 2 N–H and O–H groups in total. The quantitative estimate of drug-likeness (QED) is 0.861. The van der Waals surface area contributed by atoms with Gasteiger partial charge in [-0.2, -0.15) is 0 Å². The van der Waals surface area contributed by atoms with Crippen LogP contribution in [0.5, 0.6) is 0 Å². The summed E-state index contributed by atoms with van der Waals surface area (Å²) in [7, 11) is -3.12. The number of rotatable bonds is 5. The molecule has 0 aliphatic heterocycles. The highest BCUT2D eigenvalue weighted by Crippen LogP contribution is 2.14. The molecule has 0 atom stereocenters. The summed E-state index contributed by atoms with van der Waals surface area (Å²) < 4.78 is 35.0. The molecular formula is C11H14ClFN2O3S. The first kappa shape index (κ1) is 15.7. The van der Waals surface area contributed by atoms with Crippen LogP contribution in [-0.2, 0) is 16.4 Å². The predicted octanol–water partition coefficient (Wildman–Crippen LogP) is 1.32. The first-order valence-corrected chi connectivity index (χ1v) is 7.85. The van der Waals surface area contributed by atoms with Gasteiger partial charge >= 0.3 is 6.03 Å². The van der Waals surface area contributed by atoms with Gasteiger partial charge in [-0.1, -0.05) is 17.7 Å². The van der Waals surface area contributed by atoms with Crippen LogP contribution in [0, 0.1) is 5.82 Å². The molecule has 0 saturated carbocycles. The molecule has 5 nitrogen and oxygen atoms in total. The van der Waals surface area contributed by atoms with Crippen LogP contribution in [0.25, 0.3) is 0 Å². The fourth-order valence-corrected chi connectivity index (χ4v) is 1.88. The maximum absolute atomic E-state index is 13.4. The third-order valence-electron chi connectivity index (χ3n) is 2.21. The fourth-order valence-electron chi connectivity index (χ4n) is 1.25. The molecule has 0 spiro atoms. The zero-order chi connectivity index (χ0) is 14.5. The molecule has 19 heavy (non-hydrogen) atoms. The summed E-state index contributed by atoms with van der Waals surface area (Å²) >= 11 is 5.59. The number of carbonyl (C=O) groups excluding carboxylic acids is 1. The number of hydrogen-bond acceptors (Lipinski definition) is 3. The van der Waals surface area contributed by atoms with Gasteiger partial charge in [0.1, 0.15) is 15.7 Å². The van der Waals surface area contributed by atoms with Gasteiger partial charge in [-0.3, -0.25) is 0 Å². The third kappa shape index (κ3) is 6.40. The van der Waals surface area contributed by atoms with Crippen molar-refractivity contribution in [2.24, 2.45) is 0 Å². The summed E-state index contributed by atoms with van der Waals surface area (Å²) in [6, 6.07) is 3.58. The number of benzene rings is 1. The molecular weight excluding hydrogens is 295 g/mol. The smallest absolute Gasteiger partial charge is 0.315 e. The van der Waals surface area contributed by atoms with Gasteiger partial charge in [-0.25, -0.2) is 17.6 Å². The van der Waals surface area contributed by atoms with E-state index in [1.807, 2.05) is 0 Å². The molecule has 0 saturated heterocycles. The minimum atomic E-state index is -3.12. The summed E-state index contributed by atoms with van der Waals surface area (Å²) in [5.74, 6) is -0.653. The van der Waals surface area contributed by atoms with Crippen molar-refractivity contribution in [3.05, 3.63) is 34.6 Å². The van der Waals surface area contributed by atoms with Crippen LogP contribution >= 0.6 is 11.6 Å². The van der Waals surface area contributed by atoms with Crippen molar-refractivity contribution in [3.63, 3.8) is 0 Å². The second-order valence-electron chi connectivity index (χ2n) is 3.98.